The van der Waals surface area contributed by atoms with Gasteiger partial charge in [-0.3, -0.25) is 9.69 Å². The topological polar surface area (TPSA) is 92.7 Å². The molecule has 1 aliphatic rings. The largest absolute Gasteiger partial charge is 0.444 e. The zero-order chi connectivity index (χ0) is 30.5. The van der Waals surface area contributed by atoms with Crippen molar-refractivity contribution in [2.75, 3.05) is 45.9 Å². The Morgan fingerprint density at radius 3 is 2.39 bits per heavy atom. The Morgan fingerprint density at radius 1 is 1.05 bits per heavy atom. The van der Waals surface area contributed by atoms with Crippen LogP contribution in [-0.4, -0.2) is 93.9 Å². The molecule has 0 bridgehead atoms. The normalized spacial score (nSPS) is 16.2. The molecule has 1 saturated heterocycles. The minimum atomic E-state index is -1.78. The maximum Gasteiger partial charge on any atom is 0.407 e. The molecule has 10 heteroatoms. The fraction of sp³-hybridized carbons (Fsp3) is 0.710. The van der Waals surface area contributed by atoms with Crippen LogP contribution in [0.5, 0.6) is 0 Å². The number of nitrogens with one attached hydrogen (secondary N) is 1. The second-order valence-corrected chi connectivity index (χ2v) is 18.2. The van der Waals surface area contributed by atoms with E-state index in [1.165, 1.54) is 0 Å². The number of alkyl carbamates (subject to hydrolysis) is 1. The number of hydrogen-bond acceptors (Lipinski definition) is 7. The minimum absolute atomic E-state index is 0.0509. The molecule has 1 aliphatic heterocycles. The molecule has 1 atom stereocenters. The van der Waals surface area contributed by atoms with E-state index >= 15 is 0 Å². The summed E-state index contributed by atoms with van der Waals surface area (Å²) >= 11 is 0. The van der Waals surface area contributed by atoms with E-state index in [1.807, 2.05) is 56.0 Å². The van der Waals surface area contributed by atoms with Crippen molar-refractivity contribution in [3.63, 3.8) is 0 Å². The van der Waals surface area contributed by atoms with Gasteiger partial charge in [0.25, 0.3) is 0 Å². The molecule has 9 nitrogen and oxygen atoms in total. The van der Waals surface area contributed by atoms with Crippen molar-refractivity contribution in [3.8, 4) is 0 Å². The van der Waals surface area contributed by atoms with E-state index in [9.17, 15) is 9.59 Å². The summed E-state index contributed by atoms with van der Waals surface area (Å²) in [5.74, 6) is 0.121. The number of benzene rings is 1. The Labute approximate surface area is 249 Å². The summed E-state index contributed by atoms with van der Waals surface area (Å²) in [5.41, 5.74) is 0.475. The highest BCUT2D eigenvalue weighted by atomic mass is 28.4. The molecule has 0 aliphatic carbocycles. The van der Waals surface area contributed by atoms with Crippen molar-refractivity contribution >= 4 is 26.5 Å². The van der Waals surface area contributed by atoms with Crippen LogP contribution >= 0.6 is 0 Å². The molecule has 0 aromatic heterocycles. The number of ether oxygens (including phenoxy) is 1. The first-order valence-corrected chi connectivity index (χ1v) is 17.9. The van der Waals surface area contributed by atoms with Crippen LogP contribution in [0.1, 0.15) is 72.8 Å². The van der Waals surface area contributed by atoms with Crippen molar-refractivity contribution in [1.82, 2.24) is 15.1 Å². The van der Waals surface area contributed by atoms with Gasteiger partial charge in [0, 0.05) is 39.3 Å². The van der Waals surface area contributed by atoms with Gasteiger partial charge in [-0.15, -0.1) is 0 Å². The van der Waals surface area contributed by atoms with E-state index in [0.29, 0.717) is 32.6 Å². The Bertz CT molecular complexity index is 959. The number of carbonyl (C=O) groups excluding carboxylic acids is 2. The second-order valence-electron chi connectivity index (χ2n) is 13.4. The van der Waals surface area contributed by atoms with Gasteiger partial charge in [-0.05, 0) is 70.2 Å². The third-order valence-corrected chi connectivity index (χ3v) is 12.1. The number of piperazine rings is 1. The summed E-state index contributed by atoms with van der Waals surface area (Å²) in [5, 5.41) is 7.23. The van der Waals surface area contributed by atoms with Crippen LogP contribution < -0.4 is 5.32 Å². The molecule has 0 saturated carbocycles. The Hall–Kier alpha value is -2.43. The van der Waals surface area contributed by atoms with Crippen molar-refractivity contribution < 1.29 is 23.6 Å². The predicted molar refractivity (Wildman–Crippen MR) is 168 cm³/mol. The fourth-order valence-electron chi connectivity index (χ4n) is 4.11. The minimum Gasteiger partial charge on any atom is -0.444 e. The highest BCUT2D eigenvalue weighted by molar-refractivity contribution is 6.74. The number of nitrogens with zero attached hydrogens (tertiary/aromatic N) is 3. The van der Waals surface area contributed by atoms with Crippen molar-refractivity contribution in [2.45, 2.75) is 97.1 Å². The molecule has 2 rings (SSSR count). The molecule has 0 radical (unpaired) electrons. The third kappa shape index (κ3) is 13.9. The number of oxime groups is 1. The lowest BCUT2D eigenvalue weighted by molar-refractivity contribution is -0.136. The first-order chi connectivity index (χ1) is 19.2. The number of hydrogen-bond donors (Lipinski definition) is 1. The maximum atomic E-state index is 12.8. The molecular formula is C31H54N4O5Si. The van der Waals surface area contributed by atoms with Gasteiger partial charge in [-0.25, -0.2) is 4.79 Å². The average molecular weight is 591 g/mol. The van der Waals surface area contributed by atoms with Crippen LogP contribution in [0.4, 0.5) is 4.79 Å². The van der Waals surface area contributed by atoms with E-state index in [0.717, 1.165) is 44.5 Å². The lowest BCUT2D eigenvalue weighted by Gasteiger charge is -2.36. The van der Waals surface area contributed by atoms with E-state index in [1.54, 1.807) is 6.21 Å². The highest BCUT2D eigenvalue weighted by Gasteiger charge is 2.37. The van der Waals surface area contributed by atoms with Crippen LogP contribution in [-0.2, 0) is 18.8 Å². The first-order valence-electron chi connectivity index (χ1n) is 15.0. The molecule has 1 aromatic rings. The quantitative estimate of drug-likeness (QED) is 0.123. The predicted octanol–water partition coefficient (Wildman–Crippen LogP) is 5.66. The highest BCUT2D eigenvalue weighted by Crippen LogP contribution is 2.36. The van der Waals surface area contributed by atoms with E-state index in [2.05, 4.69) is 49.2 Å². The molecule has 1 fully saturated rings. The van der Waals surface area contributed by atoms with Crippen LogP contribution in [0.15, 0.2) is 35.5 Å². The first kappa shape index (κ1) is 34.8. The van der Waals surface area contributed by atoms with E-state index < -0.39 is 20.0 Å². The van der Waals surface area contributed by atoms with E-state index in [4.69, 9.17) is 14.0 Å². The Kier molecular flexibility index (Phi) is 13.8. The van der Waals surface area contributed by atoms with Gasteiger partial charge >= 0.3 is 6.09 Å². The van der Waals surface area contributed by atoms with Crippen molar-refractivity contribution in [2.24, 2.45) is 5.16 Å². The SMILES string of the molecule is CC(C)(C)OC(=O)NCCCN1CCN(CCC(CCCO[Si](C)(C)C(C)(C)C)O/N=C/c2ccccc2)CC1=O. The standard InChI is InChI=1S/C31H54N4O5Si/c1-30(2,3)39-29(37)32-18-13-19-35-22-21-34(25-28(35)36)20-17-27(40-33-24-26-14-10-9-11-15-26)16-12-23-38-41(7,8)31(4,5)6/h9-11,14-15,24,27H,12-13,16-23,25H2,1-8H3,(H,32,37)/b33-24+. The zero-order valence-electron chi connectivity index (χ0n) is 26.7. The zero-order valence-corrected chi connectivity index (χ0v) is 27.7. The van der Waals surface area contributed by atoms with Gasteiger partial charge in [-0.2, -0.15) is 0 Å². The number of carbonyl (C=O) groups is 2. The summed E-state index contributed by atoms with van der Waals surface area (Å²) < 4.78 is 11.6. The molecule has 232 valence electrons. The second kappa shape index (κ2) is 16.3. The number of rotatable bonds is 15. The van der Waals surface area contributed by atoms with E-state index in [-0.39, 0.29) is 17.0 Å². The molecule has 1 aromatic carbocycles. The molecule has 1 heterocycles. The van der Waals surface area contributed by atoms with Gasteiger partial charge in [-0.1, -0.05) is 56.3 Å². The molecule has 2 amide bonds. The maximum absolute atomic E-state index is 12.8. The summed E-state index contributed by atoms with van der Waals surface area (Å²) in [6, 6.07) is 9.92. The number of amides is 2. The van der Waals surface area contributed by atoms with Crippen LogP contribution in [0, 0.1) is 0 Å². The average Bonchev–Trinajstić information content (AvgIpc) is 2.87. The van der Waals surface area contributed by atoms with Gasteiger partial charge < -0.3 is 24.2 Å². The molecule has 1 unspecified atom stereocenters. The lowest BCUT2D eigenvalue weighted by Crippen LogP contribution is -2.51. The van der Waals surface area contributed by atoms with Crippen molar-refractivity contribution in [1.29, 1.82) is 0 Å². The van der Waals surface area contributed by atoms with Crippen LogP contribution in [0.2, 0.25) is 18.1 Å². The monoisotopic (exact) mass is 590 g/mol. The third-order valence-electron chi connectivity index (χ3n) is 7.59. The smallest absolute Gasteiger partial charge is 0.407 e. The molecule has 0 spiro atoms. The fourth-order valence-corrected chi connectivity index (χ4v) is 5.19. The molecular weight excluding hydrogens is 536 g/mol. The van der Waals surface area contributed by atoms with Gasteiger partial charge in [0.15, 0.2) is 8.32 Å². The van der Waals surface area contributed by atoms with Crippen LogP contribution in [0.3, 0.4) is 0 Å². The van der Waals surface area contributed by atoms with Crippen LogP contribution in [0.25, 0.3) is 0 Å². The Balaban J connectivity index is 1.79. The Morgan fingerprint density at radius 2 is 1.76 bits per heavy atom. The lowest BCUT2D eigenvalue weighted by atomic mass is 10.1. The summed E-state index contributed by atoms with van der Waals surface area (Å²) in [6.45, 7) is 21.3. The van der Waals surface area contributed by atoms with Gasteiger partial charge in [0.05, 0.1) is 12.8 Å². The van der Waals surface area contributed by atoms with Crippen molar-refractivity contribution in [3.05, 3.63) is 35.9 Å². The summed E-state index contributed by atoms with van der Waals surface area (Å²) in [4.78, 5) is 34.6. The van der Waals surface area contributed by atoms with Gasteiger partial charge in [0.2, 0.25) is 5.91 Å². The molecule has 1 N–H and O–H groups in total. The summed E-state index contributed by atoms with van der Waals surface area (Å²) in [6.07, 6.45) is 4.51. The molecule has 41 heavy (non-hydrogen) atoms. The summed E-state index contributed by atoms with van der Waals surface area (Å²) in [7, 11) is -1.78. The van der Waals surface area contributed by atoms with Gasteiger partial charge in [0.1, 0.15) is 11.7 Å².